The molecule has 3 unspecified atom stereocenters. The maximum absolute atomic E-state index is 12.9. The summed E-state index contributed by atoms with van der Waals surface area (Å²) in [4.78, 5) is 39.1. The number of aliphatic hydroxyl groups excluding tert-OH is 1. The number of aliphatic hydroxyl groups is 1. The number of nitrogens with zero attached hydrogens (tertiary/aromatic N) is 1. The highest BCUT2D eigenvalue weighted by atomic mass is 32.1. The number of hydrogen-bond donors (Lipinski definition) is 3. The molecule has 0 radical (unpaired) electrons. The number of amides is 1. The zero-order chi connectivity index (χ0) is 26.6. The van der Waals surface area contributed by atoms with Gasteiger partial charge in [-0.2, -0.15) is 13.5 Å². The van der Waals surface area contributed by atoms with E-state index < -0.39 is 42.5 Å². The molecule has 2 bridgehead atoms. The van der Waals surface area contributed by atoms with Crippen LogP contribution in [-0.2, 0) is 31.0 Å². The molecule has 1 aromatic rings. The molecule has 0 aromatic heterocycles. The second kappa shape index (κ2) is 10.6. The maximum atomic E-state index is 12.9. The molecule has 2 heterocycles. The molecular weight excluding hydrogens is 512 g/mol. The van der Waals surface area contributed by atoms with Gasteiger partial charge in [0.15, 0.2) is 11.5 Å². The topological polar surface area (TPSA) is 135 Å². The summed E-state index contributed by atoms with van der Waals surface area (Å²) in [5.74, 6) is -1.43. The van der Waals surface area contributed by atoms with E-state index in [-0.39, 0.29) is 30.9 Å². The van der Waals surface area contributed by atoms with Gasteiger partial charge in [0.2, 0.25) is 5.91 Å². The average molecular weight is 551 g/mol. The highest BCUT2D eigenvalue weighted by Gasteiger charge is 2.66. The highest BCUT2D eigenvalue weighted by molar-refractivity contribution is 7.59. The van der Waals surface area contributed by atoms with E-state index in [1.54, 1.807) is 21.0 Å². The van der Waals surface area contributed by atoms with Crippen LogP contribution in [0.15, 0.2) is 12.1 Å². The van der Waals surface area contributed by atoms with E-state index in [4.69, 9.17) is 14.2 Å². The molecule has 2 aliphatic heterocycles. The number of carboxylic acid groups (broad SMARTS) is 1. The van der Waals surface area contributed by atoms with Gasteiger partial charge >= 0.3 is 11.9 Å². The molecule has 1 spiro atoms. The Morgan fingerprint density at radius 1 is 1.26 bits per heavy atom. The number of methoxy groups -OCH3 is 1. The van der Waals surface area contributed by atoms with Gasteiger partial charge in [0, 0.05) is 17.0 Å². The molecule has 10 nitrogen and oxygen atoms in total. The summed E-state index contributed by atoms with van der Waals surface area (Å²) < 4.78 is 18.1. The fourth-order valence-corrected chi connectivity index (χ4v) is 7.19. The fraction of sp³-hybridized carbons (Fsp3) is 0.667. The van der Waals surface area contributed by atoms with Crippen LogP contribution < -0.4 is 14.8 Å². The first kappa shape index (κ1) is 28.5. The van der Waals surface area contributed by atoms with Crippen molar-refractivity contribution in [1.29, 1.82) is 0 Å². The standard InChI is InChI=1S/C27H36N2O8.H2S/c1-13(2)22(26(33)34)28-25(32)17(30)12-20(31)36-19-8-6-15-16-11-14-5-7-18(35-4)23-21(14)27(15,24(19)37-23)9-10-29(16)3;/h5,7,13,15-17,19,22,24,30H,6,8-12H2,1-4H3,(H,28,32)(H,33,34);1H2/t15?,16-,17?,19+,22?,24+,27+;/m1./s1. The van der Waals surface area contributed by atoms with Crippen molar-refractivity contribution in [2.24, 2.45) is 11.8 Å². The number of ether oxygens (including phenoxy) is 3. The number of likely N-dealkylation sites (tertiary alicyclic amines) is 1. The number of aliphatic carboxylic acids is 1. The summed E-state index contributed by atoms with van der Waals surface area (Å²) >= 11 is 0. The lowest BCUT2D eigenvalue weighted by molar-refractivity contribution is -0.169. The molecule has 1 saturated heterocycles. The lowest BCUT2D eigenvalue weighted by atomic mass is 9.51. The highest BCUT2D eigenvalue weighted by Crippen LogP contribution is 2.64. The minimum absolute atomic E-state index is 0. The Labute approximate surface area is 229 Å². The number of carboxylic acids is 1. The van der Waals surface area contributed by atoms with Crippen LogP contribution >= 0.6 is 13.5 Å². The summed E-state index contributed by atoms with van der Waals surface area (Å²) in [5, 5.41) is 21.9. The molecule has 3 N–H and O–H groups in total. The Morgan fingerprint density at radius 2 is 2.00 bits per heavy atom. The van der Waals surface area contributed by atoms with Gasteiger partial charge in [-0.15, -0.1) is 0 Å². The normalized spacial score (nSPS) is 30.3. The van der Waals surface area contributed by atoms with Gasteiger partial charge in [0.1, 0.15) is 24.4 Å². The molecule has 5 rings (SSSR count). The third kappa shape index (κ3) is 4.42. The predicted molar refractivity (Wildman–Crippen MR) is 142 cm³/mol. The summed E-state index contributed by atoms with van der Waals surface area (Å²) in [6.07, 6.45) is 0.142. The second-order valence-electron chi connectivity index (χ2n) is 11.2. The third-order valence-electron chi connectivity index (χ3n) is 8.92. The molecule has 2 fully saturated rings. The summed E-state index contributed by atoms with van der Waals surface area (Å²) in [5.41, 5.74) is 2.17. The average Bonchev–Trinajstić information content (AvgIpc) is 3.20. The minimum atomic E-state index is -1.71. The van der Waals surface area contributed by atoms with Crippen molar-refractivity contribution in [2.75, 3.05) is 20.7 Å². The van der Waals surface area contributed by atoms with Gasteiger partial charge in [0.25, 0.3) is 0 Å². The number of piperidine rings is 1. The summed E-state index contributed by atoms with van der Waals surface area (Å²) in [6, 6.07) is 3.29. The number of nitrogens with one attached hydrogen (secondary N) is 1. The van der Waals surface area contributed by atoms with Crippen molar-refractivity contribution in [3.8, 4) is 11.5 Å². The van der Waals surface area contributed by atoms with Gasteiger partial charge < -0.3 is 34.6 Å². The molecule has 38 heavy (non-hydrogen) atoms. The van der Waals surface area contributed by atoms with Crippen molar-refractivity contribution in [1.82, 2.24) is 10.2 Å². The first-order valence-corrected chi connectivity index (χ1v) is 13.1. The van der Waals surface area contributed by atoms with Crippen LogP contribution in [0.25, 0.3) is 0 Å². The van der Waals surface area contributed by atoms with Gasteiger partial charge in [-0.25, -0.2) is 4.79 Å². The van der Waals surface area contributed by atoms with Gasteiger partial charge in [0.05, 0.1) is 13.5 Å². The van der Waals surface area contributed by atoms with E-state index in [9.17, 15) is 24.6 Å². The molecule has 1 saturated carbocycles. The van der Waals surface area contributed by atoms with Crippen molar-refractivity contribution in [3.63, 3.8) is 0 Å². The van der Waals surface area contributed by atoms with Gasteiger partial charge in [-0.3, -0.25) is 9.59 Å². The number of benzene rings is 1. The largest absolute Gasteiger partial charge is 0.493 e. The van der Waals surface area contributed by atoms with Crippen LogP contribution in [0.1, 0.15) is 50.7 Å². The lowest BCUT2D eigenvalue weighted by Crippen LogP contribution is -2.66. The smallest absolute Gasteiger partial charge is 0.326 e. The van der Waals surface area contributed by atoms with E-state index in [0.29, 0.717) is 24.1 Å². The molecule has 7 atom stereocenters. The Morgan fingerprint density at radius 3 is 2.66 bits per heavy atom. The van der Waals surface area contributed by atoms with Gasteiger partial charge in [-0.05, 0) is 62.7 Å². The van der Waals surface area contributed by atoms with Gasteiger partial charge in [-0.1, -0.05) is 19.9 Å². The van der Waals surface area contributed by atoms with Crippen molar-refractivity contribution >= 4 is 31.3 Å². The Hall–Kier alpha value is -2.50. The van der Waals surface area contributed by atoms with Crippen LogP contribution in [0.5, 0.6) is 11.5 Å². The first-order chi connectivity index (χ1) is 17.6. The molecule has 11 heteroatoms. The maximum Gasteiger partial charge on any atom is 0.326 e. The Kier molecular flexibility index (Phi) is 7.94. The van der Waals surface area contributed by atoms with Crippen molar-refractivity contribution in [3.05, 3.63) is 23.3 Å². The number of carbonyl (C=O) groups is 3. The van der Waals surface area contributed by atoms with E-state index in [1.165, 1.54) is 11.1 Å². The number of esters is 1. The van der Waals surface area contributed by atoms with Crippen LogP contribution in [0.4, 0.5) is 0 Å². The summed E-state index contributed by atoms with van der Waals surface area (Å²) in [7, 11) is 3.79. The Balaban J connectivity index is 0.00000336. The molecule has 210 valence electrons. The third-order valence-corrected chi connectivity index (χ3v) is 8.92. The number of carbonyl (C=O) groups excluding carboxylic acids is 2. The predicted octanol–water partition coefficient (Wildman–Crippen LogP) is 1.37. The quantitative estimate of drug-likeness (QED) is 0.410. The van der Waals surface area contributed by atoms with E-state index in [0.717, 1.165) is 31.6 Å². The van der Waals surface area contributed by atoms with Crippen LogP contribution in [0.3, 0.4) is 0 Å². The summed E-state index contributed by atoms with van der Waals surface area (Å²) in [6.45, 7) is 4.21. The second-order valence-corrected chi connectivity index (χ2v) is 11.2. The lowest BCUT2D eigenvalue weighted by Gasteiger charge is -2.58. The Bertz CT molecular complexity index is 1110. The van der Waals surface area contributed by atoms with Crippen molar-refractivity contribution < 1.29 is 38.8 Å². The molecular formula is C27H38N2O8S. The minimum Gasteiger partial charge on any atom is -0.493 e. The SMILES string of the molecule is COc1ccc2c3c1O[C@H]1[C@@H](OC(=O)CC(O)C(=O)NC(C(=O)O)C(C)C)CCC4[C@@H](C2)N(C)CC[C@@]341.S. The fourth-order valence-electron chi connectivity index (χ4n) is 7.19. The van der Waals surface area contributed by atoms with E-state index in [1.807, 2.05) is 6.07 Å². The van der Waals surface area contributed by atoms with E-state index in [2.05, 4.69) is 23.3 Å². The molecule has 2 aliphatic carbocycles. The van der Waals surface area contributed by atoms with Crippen LogP contribution in [0, 0.1) is 11.8 Å². The zero-order valence-electron chi connectivity index (χ0n) is 22.2. The monoisotopic (exact) mass is 550 g/mol. The molecule has 4 aliphatic rings. The number of likely N-dealkylation sites (N-methyl/N-ethyl adjacent to an activating group) is 1. The first-order valence-electron chi connectivity index (χ1n) is 13.1. The van der Waals surface area contributed by atoms with Crippen LogP contribution in [0.2, 0.25) is 0 Å². The van der Waals surface area contributed by atoms with Crippen molar-refractivity contribution in [2.45, 2.75) is 81.8 Å². The number of rotatable bonds is 8. The molecule has 1 aromatic carbocycles. The van der Waals surface area contributed by atoms with Crippen LogP contribution in [-0.4, -0.2) is 84.1 Å². The van der Waals surface area contributed by atoms with E-state index >= 15 is 0 Å². The molecule has 1 amide bonds. The zero-order valence-corrected chi connectivity index (χ0v) is 23.2. The number of hydrogen-bond acceptors (Lipinski definition) is 8.